The molecule has 14 heavy (non-hydrogen) atoms. The van der Waals surface area contributed by atoms with Crippen molar-refractivity contribution in [1.29, 1.82) is 0 Å². The van der Waals surface area contributed by atoms with Crippen LogP contribution in [0.2, 0.25) is 5.02 Å². The molecule has 0 aromatic carbocycles. The number of pyridine rings is 1. The van der Waals surface area contributed by atoms with Crippen LogP contribution in [0.3, 0.4) is 0 Å². The molecule has 2 nitrogen and oxygen atoms in total. The lowest BCUT2D eigenvalue weighted by atomic mass is 9.99. The van der Waals surface area contributed by atoms with Crippen molar-refractivity contribution in [1.82, 2.24) is 10.3 Å². The maximum absolute atomic E-state index is 6.08. The fourth-order valence-electron chi connectivity index (χ4n) is 1.92. The topological polar surface area (TPSA) is 24.9 Å². The van der Waals surface area contributed by atoms with Crippen LogP contribution in [-0.2, 0) is 6.42 Å². The van der Waals surface area contributed by atoms with Crippen molar-refractivity contribution < 1.29 is 0 Å². The Labute approximate surface area is 89.7 Å². The summed E-state index contributed by atoms with van der Waals surface area (Å²) in [5.41, 5.74) is 1.16. The van der Waals surface area contributed by atoms with Crippen LogP contribution in [0.15, 0.2) is 18.5 Å². The minimum Gasteiger partial charge on any atom is -0.314 e. The molecule has 1 N–H and O–H groups in total. The van der Waals surface area contributed by atoms with Crippen molar-refractivity contribution >= 4 is 11.6 Å². The summed E-state index contributed by atoms with van der Waals surface area (Å²) in [6.45, 7) is 1.14. The van der Waals surface area contributed by atoms with Crippen LogP contribution in [0.25, 0.3) is 0 Å². The Bertz CT molecular complexity index is 295. The van der Waals surface area contributed by atoms with E-state index >= 15 is 0 Å². The lowest BCUT2D eigenvalue weighted by Crippen LogP contribution is -2.35. The van der Waals surface area contributed by atoms with Crippen LogP contribution in [-0.4, -0.2) is 17.6 Å². The van der Waals surface area contributed by atoms with E-state index in [9.17, 15) is 0 Å². The number of nitrogens with one attached hydrogen (secondary N) is 1. The van der Waals surface area contributed by atoms with Crippen molar-refractivity contribution in [2.75, 3.05) is 6.54 Å². The number of piperidine rings is 1. The second-order valence-corrected chi connectivity index (χ2v) is 4.23. The molecule has 1 saturated heterocycles. The van der Waals surface area contributed by atoms with E-state index in [0.29, 0.717) is 6.04 Å². The number of rotatable bonds is 2. The van der Waals surface area contributed by atoms with E-state index in [1.807, 2.05) is 12.3 Å². The number of nitrogens with zero attached hydrogens (tertiary/aromatic N) is 1. The normalized spacial score (nSPS) is 22.2. The maximum atomic E-state index is 6.08. The average Bonchev–Trinajstić information content (AvgIpc) is 2.23. The van der Waals surface area contributed by atoms with E-state index in [1.54, 1.807) is 6.20 Å². The smallest absolute Gasteiger partial charge is 0.0469 e. The van der Waals surface area contributed by atoms with Crippen LogP contribution in [0.4, 0.5) is 0 Å². The van der Waals surface area contributed by atoms with Gasteiger partial charge in [-0.1, -0.05) is 18.0 Å². The van der Waals surface area contributed by atoms with Gasteiger partial charge in [-0.05, 0) is 37.4 Å². The Hall–Kier alpha value is -0.600. The van der Waals surface area contributed by atoms with E-state index < -0.39 is 0 Å². The molecule has 1 fully saturated rings. The molecule has 2 heterocycles. The number of aromatic nitrogens is 1. The lowest BCUT2D eigenvalue weighted by molar-refractivity contribution is 0.399. The molecule has 1 aliphatic heterocycles. The van der Waals surface area contributed by atoms with Gasteiger partial charge in [0.2, 0.25) is 0 Å². The highest BCUT2D eigenvalue weighted by atomic mass is 35.5. The molecule has 2 rings (SSSR count). The first-order chi connectivity index (χ1) is 6.86. The van der Waals surface area contributed by atoms with Gasteiger partial charge < -0.3 is 5.32 Å². The summed E-state index contributed by atoms with van der Waals surface area (Å²) in [6, 6.07) is 2.45. The molecule has 3 heteroatoms. The molecule has 1 aromatic heterocycles. The third kappa shape index (κ3) is 2.46. The first-order valence-electron chi connectivity index (χ1n) is 5.18. The van der Waals surface area contributed by atoms with Gasteiger partial charge in [0, 0.05) is 23.5 Å². The van der Waals surface area contributed by atoms with Crippen LogP contribution < -0.4 is 5.32 Å². The Morgan fingerprint density at radius 1 is 1.50 bits per heavy atom. The summed E-state index contributed by atoms with van der Waals surface area (Å²) in [5.74, 6) is 0. The quantitative estimate of drug-likeness (QED) is 0.811. The fourth-order valence-corrected chi connectivity index (χ4v) is 2.11. The van der Waals surface area contributed by atoms with Crippen molar-refractivity contribution in [3.63, 3.8) is 0 Å². The maximum Gasteiger partial charge on any atom is 0.0469 e. The molecule has 76 valence electrons. The summed E-state index contributed by atoms with van der Waals surface area (Å²) in [6.07, 6.45) is 8.50. The van der Waals surface area contributed by atoms with Crippen LogP contribution in [0.1, 0.15) is 24.8 Å². The van der Waals surface area contributed by atoms with E-state index in [2.05, 4.69) is 10.3 Å². The first-order valence-corrected chi connectivity index (χ1v) is 5.56. The minimum atomic E-state index is 0.588. The highest BCUT2D eigenvalue weighted by Crippen LogP contribution is 2.18. The highest BCUT2D eigenvalue weighted by molar-refractivity contribution is 6.31. The van der Waals surface area contributed by atoms with Crippen molar-refractivity contribution in [2.24, 2.45) is 0 Å². The van der Waals surface area contributed by atoms with Crippen LogP contribution in [0.5, 0.6) is 0 Å². The van der Waals surface area contributed by atoms with Gasteiger partial charge in [0.05, 0.1) is 0 Å². The second-order valence-electron chi connectivity index (χ2n) is 3.82. The van der Waals surface area contributed by atoms with Gasteiger partial charge in [-0.3, -0.25) is 4.98 Å². The zero-order chi connectivity index (χ0) is 9.80. The molecule has 0 radical (unpaired) electrons. The van der Waals surface area contributed by atoms with E-state index in [1.165, 1.54) is 19.3 Å². The van der Waals surface area contributed by atoms with Gasteiger partial charge in [-0.2, -0.15) is 0 Å². The van der Waals surface area contributed by atoms with E-state index in [4.69, 9.17) is 11.6 Å². The zero-order valence-corrected chi connectivity index (χ0v) is 8.93. The highest BCUT2D eigenvalue weighted by Gasteiger charge is 2.14. The predicted molar refractivity (Wildman–Crippen MR) is 58.6 cm³/mol. The molecule has 1 aromatic rings. The predicted octanol–water partition coefficient (Wildman–Crippen LogP) is 2.42. The van der Waals surface area contributed by atoms with Crippen molar-refractivity contribution in [3.05, 3.63) is 29.0 Å². The fraction of sp³-hybridized carbons (Fsp3) is 0.545. The molecular formula is C11H15ClN2. The Balaban J connectivity index is 1.99. The third-order valence-corrected chi connectivity index (χ3v) is 3.09. The second kappa shape index (κ2) is 4.76. The Morgan fingerprint density at radius 3 is 3.14 bits per heavy atom. The number of hydrogen-bond donors (Lipinski definition) is 1. The van der Waals surface area contributed by atoms with Crippen molar-refractivity contribution in [2.45, 2.75) is 31.7 Å². The Kier molecular flexibility index (Phi) is 3.38. The Morgan fingerprint density at radius 2 is 2.43 bits per heavy atom. The van der Waals surface area contributed by atoms with E-state index in [-0.39, 0.29) is 0 Å². The van der Waals surface area contributed by atoms with Gasteiger partial charge >= 0.3 is 0 Å². The van der Waals surface area contributed by atoms with Crippen LogP contribution in [0, 0.1) is 0 Å². The minimum absolute atomic E-state index is 0.588. The van der Waals surface area contributed by atoms with E-state index in [0.717, 1.165) is 23.6 Å². The third-order valence-electron chi connectivity index (χ3n) is 2.72. The van der Waals surface area contributed by atoms with Gasteiger partial charge in [0.25, 0.3) is 0 Å². The van der Waals surface area contributed by atoms with Gasteiger partial charge in [-0.25, -0.2) is 0 Å². The van der Waals surface area contributed by atoms with Crippen molar-refractivity contribution in [3.8, 4) is 0 Å². The summed E-state index contributed by atoms with van der Waals surface area (Å²) in [5, 5.41) is 4.35. The molecule has 1 aliphatic rings. The molecule has 1 unspecified atom stereocenters. The number of halogens is 1. The molecule has 0 spiro atoms. The largest absolute Gasteiger partial charge is 0.314 e. The average molecular weight is 211 g/mol. The molecular weight excluding hydrogens is 196 g/mol. The lowest BCUT2D eigenvalue weighted by Gasteiger charge is -2.23. The number of hydrogen-bond acceptors (Lipinski definition) is 2. The molecule has 0 bridgehead atoms. The monoisotopic (exact) mass is 210 g/mol. The zero-order valence-electron chi connectivity index (χ0n) is 8.17. The van der Waals surface area contributed by atoms with Gasteiger partial charge in [0.15, 0.2) is 0 Å². The first kappa shape index (κ1) is 9.94. The summed E-state index contributed by atoms with van der Waals surface area (Å²) < 4.78 is 0. The SMILES string of the molecule is Clc1ccncc1CC1CCCCN1. The molecule has 0 aliphatic carbocycles. The van der Waals surface area contributed by atoms with Gasteiger partial charge in [-0.15, -0.1) is 0 Å². The molecule has 1 atom stereocenters. The standard InChI is InChI=1S/C11H15ClN2/c12-11-4-6-13-8-9(11)7-10-3-1-2-5-14-10/h4,6,8,10,14H,1-3,5,7H2. The van der Waals surface area contributed by atoms with Crippen LogP contribution >= 0.6 is 11.6 Å². The summed E-state index contributed by atoms with van der Waals surface area (Å²) in [7, 11) is 0. The summed E-state index contributed by atoms with van der Waals surface area (Å²) in [4.78, 5) is 4.10. The molecule has 0 amide bonds. The summed E-state index contributed by atoms with van der Waals surface area (Å²) >= 11 is 6.08. The molecule has 0 saturated carbocycles. The van der Waals surface area contributed by atoms with Gasteiger partial charge in [0.1, 0.15) is 0 Å².